The molecule has 0 spiro atoms. The van der Waals surface area contributed by atoms with E-state index in [2.05, 4.69) is 15.1 Å². The highest BCUT2D eigenvalue weighted by Gasteiger charge is 2.26. The number of amides is 2. The summed E-state index contributed by atoms with van der Waals surface area (Å²) in [6, 6.07) is 11.5. The maximum Gasteiger partial charge on any atom is 0.424 e. The SMILES string of the molecule is CC(C)n1nc(-c2cnc(N(C(=O)O)C(=O)O)nc2-c2ccccc2)ccc1=O. The standard InChI is InChI=1S/C19H17N5O5/c1-11(2)24-15(25)9-8-14(22-24)13-10-20-17(23(18(26)27)19(28)29)21-16(13)12-6-4-3-5-7-12/h3-11H,1-2H3,(H,26,27)(H,28,29). The molecule has 0 unspecified atom stereocenters. The van der Waals surface area contributed by atoms with E-state index in [1.54, 1.807) is 30.3 Å². The molecule has 0 radical (unpaired) electrons. The Kier molecular flexibility index (Phi) is 5.35. The molecule has 29 heavy (non-hydrogen) atoms. The van der Waals surface area contributed by atoms with E-state index in [0.29, 0.717) is 16.8 Å². The molecule has 2 heterocycles. The number of carbonyl (C=O) groups is 2. The van der Waals surface area contributed by atoms with Crippen LogP contribution in [0.1, 0.15) is 19.9 Å². The van der Waals surface area contributed by atoms with Crippen LogP contribution in [-0.2, 0) is 0 Å². The lowest BCUT2D eigenvalue weighted by Gasteiger charge is -2.15. The van der Waals surface area contributed by atoms with Crippen molar-refractivity contribution in [3.8, 4) is 22.5 Å². The molecule has 0 saturated heterocycles. The Hall–Kier alpha value is -4.08. The molecule has 0 aliphatic carbocycles. The summed E-state index contributed by atoms with van der Waals surface area (Å²) in [5, 5.41) is 22.7. The van der Waals surface area contributed by atoms with Gasteiger partial charge in [0.25, 0.3) is 5.56 Å². The third kappa shape index (κ3) is 3.95. The van der Waals surface area contributed by atoms with Gasteiger partial charge in [-0.1, -0.05) is 30.3 Å². The summed E-state index contributed by atoms with van der Waals surface area (Å²) < 4.78 is 1.30. The minimum absolute atomic E-state index is 0.0265. The summed E-state index contributed by atoms with van der Waals surface area (Å²) in [7, 11) is 0. The zero-order valence-electron chi connectivity index (χ0n) is 15.6. The van der Waals surface area contributed by atoms with E-state index in [1.165, 1.54) is 23.0 Å². The van der Waals surface area contributed by atoms with Gasteiger partial charge >= 0.3 is 12.2 Å². The Labute approximate surface area is 164 Å². The van der Waals surface area contributed by atoms with Crippen molar-refractivity contribution in [2.24, 2.45) is 0 Å². The van der Waals surface area contributed by atoms with Crippen LogP contribution in [0.15, 0.2) is 53.5 Å². The van der Waals surface area contributed by atoms with Gasteiger partial charge < -0.3 is 10.2 Å². The maximum atomic E-state index is 12.0. The second-order valence-electron chi connectivity index (χ2n) is 6.29. The predicted molar refractivity (Wildman–Crippen MR) is 104 cm³/mol. The van der Waals surface area contributed by atoms with Crippen LogP contribution in [0.5, 0.6) is 0 Å². The molecule has 0 saturated carbocycles. The van der Waals surface area contributed by atoms with E-state index in [1.807, 2.05) is 13.8 Å². The molecule has 2 N–H and O–H groups in total. The maximum absolute atomic E-state index is 12.0. The average Bonchev–Trinajstić information content (AvgIpc) is 2.68. The second-order valence-corrected chi connectivity index (χ2v) is 6.29. The lowest BCUT2D eigenvalue weighted by atomic mass is 10.0. The molecular formula is C19H17N5O5. The fourth-order valence-corrected chi connectivity index (χ4v) is 2.68. The molecule has 0 bridgehead atoms. The average molecular weight is 395 g/mol. The Morgan fingerprint density at radius 2 is 1.69 bits per heavy atom. The predicted octanol–water partition coefficient (Wildman–Crippen LogP) is 3.11. The smallest absolute Gasteiger partial charge is 0.424 e. The number of hydrogen-bond acceptors (Lipinski definition) is 6. The van der Waals surface area contributed by atoms with Gasteiger partial charge in [0.1, 0.15) is 0 Å². The van der Waals surface area contributed by atoms with Crippen molar-refractivity contribution >= 4 is 18.1 Å². The molecule has 0 aliphatic rings. The Morgan fingerprint density at radius 1 is 1.03 bits per heavy atom. The fourth-order valence-electron chi connectivity index (χ4n) is 2.68. The zero-order chi connectivity index (χ0) is 21.1. The second kappa shape index (κ2) is 7.89. The molecule has 1 aromatic carbocycles. The monoisotopic (exact) mass is 395 g/mol. The van der Waals surface area contributed by atoms with Gasteiger partial charge in [-0.25, -0.2) is 24.2 Å². The molecule has 2 aromatic heterocycles. The highest BCUT2D eigenvalue weighted by Crippen LogP contribution is 2.30. The van der Waals surface area contributed by atoms with E-state index < -0.39 is 18.1 Å². The lowest BCUT2D eigenvalue weighted by molar-refractivity contribution is 0.183. The summed E-state index contributed by atoms with van der Waals surface area (Å²) >= 11 is 0. The largest absolute Gasteiger partial charge is 0.464 e. The van der Waals surface area contributed by atoms with Gasteiger partial charge in [-0.2, -0.15) is 5.10 Å². The van der Waals surface area contributed by atoms with Crippen LogP contribution < -0.4 is 10.5 Å². The molecule has 0 fully saturated rings. The van der Waals surface area contributed by atoms with E-state index in [0.717, 1.165) is 0 Å². The van der Waals surface area contributed by atoms with E-state index in [9.17, 15) is 24.6 Å². The summed E-state index contributed by atoms with van der Waals surface area (Å²) in [6.07, 6.45) is -2.16. The number of rotatable bonds is 4. The fraction of sp³-hybridized carbons (Fsp3) is 0.158. The van der Waals surface area contributed by atoms with Crippen molar-refractivity contribution in [3.63, 3.8) is 0 Å². The van der Waals surface area contributed by atoms with Gasteiger partial charge in [-0.3, -0.25) is 4.79 Å². The molecule has 10 nitrogen and oxygen atoms in total. The third-order valence-electron chi connectivity index (χ3n) is 4.00. The molecule has 10 heteroatoms. The Balaban J connectivity index is 2.25. The van der Waals surface area contributed by atoms with Crippen molar-refractivity contribution < 1.29 is 19.8 Å². The number of benzene rings is 1. The van der Waals surface area contributed by atoms with Crippen LogP contribution in [0.3, 0.4) is 0 Å². The summed E-state index contributed by atoms with van der Waals surface area (Å²) in [4.78, 5) is 42.8. The number of hydrogen-bond donors (Lipinski definition) is 2. The first-order valence-corrected chi connectivity index (χ1v) is 8.58. The highest BCUT2D eigenvalue weighted by atomic mass is 16.4. The quantitative estimate of drug-likeness (QED) is 0.687. The number of nitrogens with zero attached hydrogens (tertiary/aromatic N) is 5. The van der Waals surface area contributed by atoms with E-state index in [-0.39, 0.29) is 22.2 Å². The van der Waals surface area contributed by atoms with Gasteiger partial charge in [0.05, 0.1) is 17.4 Å². The van der Waals surface area contributed by atoms with Gasteiger partial charge in [-0.05, 0) is 19.9 Å². The number of imide groups is 1. The van der Waals surface area contributed by atoms with Crippen molar-refractivity contribution in [2.75, 3.05) is 4.90 Å². The zero-order valence-corrected chi connectivity index (χ0v) is 15.6. The first kappa shape index (κ1) is 19.7. The van der Waals surface area contributed by atoms with Crippen molar-refractivity contribution in [1.82, 2.24) is 19.7 Å². The molecule has 2 amide bonds. The summed E-state index contributed by atoms with van der Waals surface area (Å²) in [6.45, 7) is 3.63. The van der Waals surface area contributed by atoms with Gasteiger partial charge in [0, 0.05) is 23.4 Å². The minimum atomic E-state index is -1.73. The first-order valence-electron chi connectivity index (χ1n) is 8.58. The molecular weight excluding hydrogens is 378 g/mol. The molecule has 3 rings (SSSR count). The number of carboxylic acid groups (broad SMARTS) is 2. The molecule has 0 atom stereocenters. The molecule has 3 aromatic rings. The van der Waals surface area contributed by atoms with Gasteiger partial charge in [-0.15, -0.1) is 4.90 Å². The number of aromatic nitrogens is 4. The van der Waals surface area contributed by atoms with Gasteiger partial charge in [0.2, 0.25) is 5.95 Å². The summed E-state index contributed by atoms with van der Waals surface area (Å²) in [5.41, 5.74) is 1.42. The molecule has 148 valence electrons. The van der Waals surface area contributed by atoms with Crippen LogP contribution in [-0.4, -0.2) is 42.1 Å². The molecule has 0 aliphatic heterocycles. The van der Waals surface area contributed by atoms with E-state index in [4.69, 9.17) is 0 Å². The third-order valence-corrected chi connectivity index (χ3v) is 4.00. The Morgan fingerprint density at radius 3 is 2.28 bits per heavy atom. The van der Waals surface area contributed by atoms with Crippen molar-refractivity contribution in [2.45, 2.75) is 19.9 Å². The lowest BCUT2D eigenvalue weighted by Crippen LogP contribution is -2.36. The van der Waals surface area contributed by atoms with Crippen LogP contribution in [0.2, 0.25) is 0 Å². The van der Waals surface area contributed by atoms with Gasteiger partial charge in [0.15, 0.2) is 0 Å². The van der Waals surface area contributed by atoms with E-state index >= 15 is 0 Å². The normalized spacial score (nSPS) is 10.7. The van der Waals surface area contributed by atoms with Crippen LogP contribution in [0.25, 0.3) is 22.5 Å². The van der Waals surface area contributed by atoms with Crippen molar-refractivity contribution in [1.29, 1.82) is 0 Å². The highest BCUT2D eigenvalue weighted by molar-refractivity contribution is 6.06. The summed E-state index contributed by atoms with van der Waals surface area (Å²) in [5.74, 6) is -0.509. The number of anilines is 1. The minimum Gasteiger partial charge on any atom is -0.464 e. The van der Waals surface area contributed by atoms with Crippen LogP contribution in [0, 0.1) is 0 Å². The van der Waals surface area contributed by atoms with Crippen LogP contribution in [0.4, 0.5) is 15.5 Å². The first-order chi connectivity index (χ1) is 13.8. The van der Waals surface area contributed by atoms with Crippen LogP contribution >= 0.6 is 0 Å². The Bertz CT molecular complexity index is 1110. The topological polar surface area (TPSA) is 139 Å². The van der Waals surface area contributed by atoms with Crippen molar-refractivity contribution in [3.05, 3.63) is 59.0 Å².